The number of ketones is 1. The number of Topliss-reactive ketones (excluding diaryl/α,β-unsaturated/α-hetero) is 1. The molecular formula is C10H13ClN2O3. The molecule has 5 nitrogen and oxygen atoms in total. The van der Waals surface area contributed by atoms with Crippen LogP contribution in [0.4, 0.5) is 5.69 Å². The first-order valence-electron chi connectivity index (χ1n) is 4.64. The first-order valence-corrected chi connectivity index (χ1v) is 4.64. The Morgan fingerprint density at radius 1 is 1.25 bits per heavy atom. The number of carbonyl (C=O) groups excluding carboxylic acids is 1. The zero-order chi connectivity index (χ0) is 10.8. The lowest BCUT2D eigenvalue weighted by Gasteiger charge is -2.19. The molecule has 1 aromatic rings. The largest absolute Gasteiger partial charge is 0.486 e. The van der Waals surface area contributed by atoms with Gasteiger partial charge in [0.1, 0.15) is 13.2 Å². The quantitative estimate of drug-likeness (QED) is 0.588. The van der Waals surface area contributed by atoms with Gasteiger partial charge in [0, 0.05) is 17.3 Å². The molecule has 88 valence electrons. The van der Waals surface area contributed by atoms with E-state index in [0.29, 0.717) is 36.0 Å². The number of fused-ring (bicyclic) bond motifs is 1. The Balaban J connectivity index is 0.00000128. The first-order chi connectivity index (χ1) is 7.22. The minimum atomic E-state index is -0.204. The van der Waals surface area contributed by atoms with E-state index in [1.54, 1.807) is 12.1 Å². The van der Waals surface area contributed by atoms with Crippen molar-refractivity contribution in [2.24, 2.45) is 5.73 Å². The maximum Gasteiger partial charge on any atom is 0.178 e. The fourth-order valence-corrected chi connectivity index (χ4v) is 1.46. The molecule has 0 amide bonds. The van der Waals surface area contributed by atoms with E-state index in [-0.39, 0.29) is 24.7 Å². The summed E-state index contributed by atoms with van der Waals surface area (Å²) in [6.07, 6.45) is 0. The van der Waals surface area contributed by atoms with Crippen molar-refractivity contribution in [3.63, 3.8) is 0 Å². The van der Waals surface area contributed by atoms with Gasteiger partial charge in [-0.05, 0) is 6.07 Å². The molecule has 1 aliphatic heterocycles. The molecule has 0 aliphatic carbocycles. The number of rotatable bonds is 2. The highest BCUT2D eigenvalue weighted by Gasteiger charge is 2.17. The monoisotopic (exact) mass is 244 g/mol. The number of halogens is 1. The molecule has 4 N–H and O–H groups in total. The van der Waals surface area contributed by atoms with E-state index in [2.05, 4.69) is 0 Å². The minimum absolute atomic E-state index is 0. The lowest BCUT2D eigenvalue weighted by molar-refractivity contribution is 0.100. The molecule has 0 saturated carbocycles. The lowest BCUT2D eigenvalue weighted by atomic mass is 10.1. The van der Waals surface area contributed by atoms with Gasteiger partial charge in [0.15, 0.2) is 17.3 Å². The van der Waals surface area contributed by atoms with Crippen LogP contribution in [0.2, 0.25) is 0 Å². The number of carbonyl (C=O) groups is 1. The van der Waals surface area contributed by atoms with Crippen LogP contribution in [0.15, 0.2) is 12.1 Å². The minimum Gasteiger partial charge on any atom is -0.486 e. The summed E-state index contributed by atoms with van der Waals surface area (Å²) < 4.78 is 10.7. The zero-order valence-corrected chi connectivity index (χ0v) is 9.38. The molecule has 6 heteroatoms. The Morgan fingerprint density at radius 2 is 1.81 bits per heavy atom. The SMILES string of the molecule is Cl.NCC(=O)c1cc2c(cc1N)OCCO2. The molecule has 0 aromatic heterocycles. The van der Waals surface area contributed by atoms with E-state index in [1.165, 1.54) is 0 Å². The summed E-state index contributed by atoms with van der Waals surface area (Å²) in [7, 11) is 0. The summed E-state index contributed by atoms with van der Waals surface area (Å²) >= 11 is 0. The second kappa shape index (κ2) is 5.05. The number of benzene rings is 1. The van der Waals surface area contributed by atoms with Crippen molar-refractivity contribution in [1.82, 2.24) is 0 Å². The normalized spacial score (nSPS) is 12.8. The molecule has 2 rings (SSSR count). The van der Waals surface area contributed by atoms with Gasteiger partial charge in [0.05, 0.1) is 6.54 Å². The number of anilines is 1. The molecule has 0 unspecified atom stereocenters. The van der Waals surface area contributed by atoms with Crippen LogP contribution in [-0.2, 0) is 0 Å². The van der Waals surface area contributed by atoms with Crippen LogP contribution < -0.4 is 20.9 Å². The van der Waals surface area contributed by atoms with E-state index in [9.17, 15) is 4.79 Å². The molecule has 16 heavy (non-hydrogen) atoms. The third kappa shape index (κ3) is 2.20. The number of nitrogens with two attached hydrogens (primary N) is 2. The number of hydrogen-bond acceptors (Lipinski definition) is 5. The third-order valence-corrected chi connectivity index (χ3v) is 2.20. The average Bonchev–Trinajstić information content (AvgIpc) is 2.27. The van der Waals surface area contributed by atoms with Crippen LogP contribution in [0.25, 0.3) is 0 Å². The molecule has 1 aromatic carbocycles. The predicted octanol–water partition coefficient (Wildman–Crippen LogP) is 0.603. The Bertz CT molecular complexity index is 409. The third-order valence-electron chi connectivity index (χ3n) is 2.20. The summed E-state index contributed by atoms with van der Waals surface area (Å²) in [5.74, 6) is 0.920. The van der Waals surface area contributed by atoms with Gasteiger partial charge >= 0.3 is 0 Å². The van der Waals surface area contributed by atoms with Crippen LogP contribution in [0.1, 0.15) is 10.4 Å². The van der Waals surface area contributed by atoms with Crippen molar-refractivity contribution in [3.8, 4) is 11.5 Å². The van der Waals surface area contributed by atoms with Gasteiger partial charge in [-0.25, -0.2) is 0 Å². The summed E-state index contributed by atoms with van der Waals surface area (Å²) in [5, 5.41) is 0. The Labute approximate surface area is 99.1 Å². The van der Waals surface area contributed by atoms with Gasteiger partial charge in [-0.1, -0.05) is 0 Å². The molecular weight excluding hydrogens is 232 g/mol. The number of hydrogen-bond donors (Lipinski definition) is 2. The van der Waals surface area contributed by atoms with Crippen molar-refractivity contribution in [3.05, 3.63) is 17.7 Å². The van der Waals surface area contributed by atoms with Crippen LogP contribution in [-0.4, -0.2) is 25.5 Å². The molecule has 1 aliphatic rings. The highest BCUT2D eigenvalue weighted by atomic mass is 35.5. The summed E-state index contributed by atoms with van der Waals surface area (Å²) in [6.45, 7) is 0.910. The highest BCUT2D eigenvalue weighted by molar-refractivity contribution is 6.02. The summed E-state index contributed by atoms with van der Waals surface area (Å²) in [5.41, 5.74) is 11.7. The fraction of sp³-hybridized carbons (Fsp3) is 0.300. The first kappa shape index (κ1) is 12.6. The average molecular weight is 245 g/mol. The summed E-state index contributed by atoms with van der Waals surface area (Å²) in [4.78, 5) is 11.4. The fourth-order valence-electron chi connectivity index (χ4n) is 1.46. The smallest absolute Gasteiger partial charge is 0.178 e. The number of nitrogen functional groups attached to an aromatic ring is 1. The van der Waals surface area contributed by atoms with Crippen molar-refractivity contribution in [2.45, 2.75) is 0 Å². The zero-order valence-electron chi connectivity index (χ0n) is 8.56. The molecule has 0 bridgehead atoms. The van der Waals surface area contributed by atoms with Crippen molar-refractivity contribution in [1.29, 1.82) is 0 Å². The maximum absolute atomic E-state index is 11.4. The van der Waals surface area contributed by atoms with E-state index >= 15 is 0 Å². The van der Waals surface area contributed by atoms with Crippen molar-refractivity contribution < 1.29 is 14.3 Å². The topological polar surface area (TPSA) is 87.6 Å². The predicted molar refractivity (Wildman–Crippen MR) is 62.5 cm³/mol. The van der Waals surface area contributed by atoms with Gasteiger partial charge in [0.2, 0.25) is 0 Å². The van der Waals surface area contributed by atoms with E-state index in [1.807, 2.05) is 0 Å². The van der Waals surface area contributed by atoms with E-state index in [0.717, 1.165) is 0 Å². The van der Waals surface area contributed by atoms with Gasteiger partial charge in [0.25, 0.3) is 0 Å². The molecule has 0 fully saturated rings. The Morgan fingerprint density at radius 3 is 2.38 bits per heavy atom. The lowest BCUT2D eigenvalue weighted by Crippen LogP contribution is -2.19. The van der Waals surface area contributed by atoms with Gasteiger partial charge in [-0.2, -0.15) is 0 Å². The van der Waals surface area contributed by atoms with Crippen LogP contribution in [0, 0.1) is 0 Å². The molecule has 1 heterocycles. The molecule has 0 radical (unpaired) electrons. The van der Waals surface area contributed by atoms with Crippen molar-refractivity contribution >= 4 is 23.9 Å². The number of ether oxygens (including phenoxy) is 2. The Hall–Kier alpha value is -1.46. The Kier molecular flexibility index (Phi) is 3.98. The van der Waals surface area contributed by atoms with Gasteiger partial charge < -0.3 is 20.9 Å². The molecule has 0 saturated heterocycles. The van der Waals surface area contributed by atoms with Gasteiger partial charge in [-0.15, -0.1) is 12.4 Å². The van der Waals surface area contributed by atoms with Gasteiger partial charge in [-0.3, -0.25) is 4.79 Å². The van der Waals surface area contributed by atoms with Crippen LogP contribution >= 0.6 is 12.4 Å². The maximum atomic E-state index is 11.4. The van der Waals surface area contributed by atoms with E-state index in [4.69, 9.17) is 20.9 Å². The molecule has 0 spiro atoms. The van der Waals surface area contributed by atoms with Crippen molar-refractivity contribution in [2.75, 3.05) is 25.5 Å². The molecule has 0 atom stereocenters. The standard InChI is InChI=1S/C10H12N2O3.ClH/c11-5-8(13)6-3-9-10(4-7(6)12)15-2-1-14-9;/h3-4H,1-2,5,11-12H2;1H. The summed E-state index contributed by atoms with van der Waals surface area (Å²) in [6, 6.07) is 3.18. The second-order valence-electron chi connectivity index (χ2n) is 3.21. The van der Waals surface area contributed by atoms with Crippen LogP contribution in [0.5, 0.6) is 11.5 Å². The van der Waals surface area contributed by atoms with Crippen LogP contribution in [0.3, 0.4) is 0 Å². The highest BCUT2D eigenvalue weighted by Crippen LogP contribution is 2.34. The second-order valence-corrected chi connectivity index (χ2v) is 3.21. The van der Waals surface area contributed by atoms with E-state index < -0.39 is 0 Å².